The molecule has 0 bridgehead atoms. The third-order valence-electron chi connectivity index (χ3n) is 3.23. The number of para-hydroxylation sites is 1. The minimum atomic E-state index is -0.118. The highest BCUT2D eigenvalue weighted by Crippen LogP contribution is 2.24. The zero-order valence-corrected chi connectivity index (χ0v) is 11.8. The van der Waals surface area contributed by atoms with Crippen LogP contribution in [-0.4, -0.2) is 14.8 Å². The number of thiazole rings is 1. The van der Waals surface area contributed by atoms with Gasteiger partial charge >= 0.3 is 0 Å². The van der Waals surface area contributed by atoms with Gasteiger partial charge in [-0.05, 0) is 13.0 Å². The molecule has 5 heteroatoms. The van der Waals surface area contributed by atoms with E-state index in [9.17, 15) is 0 Å². The van der Waals surface area contributed by atoms with E-state index in [1.165, 1.54) is 0 Å². The first-order valence-corrected chi connectivity index (χ1v) is 7.11. The topological polar surface area (TPSA) is 56.7 Å². The maximum atomic E-state index is 6.30. The molecule has 4 nitrogen and oxygen atoms in total. The van der Waals surface area contributed by atoms with Crippen LogP contribution in [0.1, 0.15) is 22.4 Å². The summed E-state index contributed by atoms with van der Waals surface area (Å²) in [5.74, 6) is 0. The minimum absolute atomic E-state index is 0.118. The van der Waals surface area contributed by atoms with Gasteiger partial charge in [0.1, 0.15) is 0 Å². The van der Waals surface area contributed by atoms with Gasteiger partial charge < -0.3 is 5.73 Å². The van der Waals surface area contributed by atoms with Gasteiger partial charge in [0, 0.05) is 24.2 Å². The van der Waals surface area contributed by atoms with Crippen molar-refractivity contribution < 1.29 is 0 Å². The molecule has 1 unspecified atom stereocenters. The number of aryl methyl sites for hydroxylation is 2. The van der Waals surface area contributed by atoms with Crippen LogP contribution in [0.25, 0.3) is 10.9 Å². The average Bonchev–Trinajstić information content (AvgIpc) is 2.95. The van der Waals surface area contributed by atoms with Crippen LogP contribution in [0.2, 0.25) is 0 Å². The molecule has 0 saturated carbocycles. The van der Waals surface area contributed by atoms with Crippen molar-refractivity contribution in [3.63, 3.8) is 0 Å². The first-order valence-electron chi connectivity index (χ1n) is 6.23. The van der Waals surface area contributed by atoms with Crippen molar-refractivity contribution in [1.29, 1.82) is 0 Å². The number of fused-ring (bicyclic) bond motifs is 1. The molecule has 2 N–H and O–H groups in total. The molecule has 0 radical (unpaired) electrons. The summed E-state index contributed by atoms with van der Waals surface area (Å²) in [7, 11) is 1.95. The van der Waals surface area contributed by atoms with Gasteiger partial charge in [0.15, 0.2) is 0 Å². The number of benzene rings is 1. The predicted octanol–water partition coefficient (Wildman–Crippen LogP) is 2.58. The van der Waals surface area contributed by atoms with Gasteiger partial charge in [0.05, 0.1) is 28.0 Å². The van der Waals surface area contributed by atoms with E-state index in [-0.39, 0.29) is 6.04 Å². The van der Waals surface area contributed by atoms with E-state index < -0.39 is 0 Å². The summed E-state index contributed by atoms with van der Waals surface area (Å²) in [5.41, 5.74) is 9.41. The molecule has 19 heavy (non-hydrogen) atoms. The Balaban J connectivity index is 1.95. The van der Waals surface area contributed by atoms with Crippen molar-refractivity contribution in [3.05, 3.63) is 46.0 Å². The Labute approximate surface area is 115 Å². The first-order chi connectivity index (χ1) is 9.15. The normalized spacial score (nSPS) is 13.0. The standard InChI is InChI=1S/C14H16N4S/c1-9-16-10(8-19-9)7-12(15)14-11-5-3-4-6-13(11)18(2)17-14/h3-6,8,12H,7,15H2,1-2H3. The smallest absolute Gasteiger partial charge is 0.0897 e. The van der Waals surface area contributed by atoms with Crippen molar-refractivity contribution in [3.8, 4) is 0 Å². The number of aromatic nitrogens is 3. The van der Waals surface area contributed by atoms with Crippen LogP contribution in [0, 0.1) is 6.92 Å². The SMILES string of the molecule is Cc1nc(CC(N)c2nn(C)c3ccccc23)cs1. The maximum Gasteiger partial charge on any atom is 0.0897 e. The van der Waals surface area contributed by atoms with Crippen molar-refractivity contribution in [2.24, 2.45) is 12.8 Å². The molecule has 98 valence electrons. The fourth-order valence-electron chi connectivity index (χ4n) is 2.34. The number of rotatable bonds is 3. The molecular formula is C14H16N4S. The number of hydrogen-bond donors (Lipinski definition) is 1. The van der Waals surface area contributed by atoms with Crippen LogP contribution < -0.4 is 5.73 Å². The molecule has 0 amide bonds. The molecule has 0 fully saturated rings. The van der Waals surface area contributed by atoms with Crippen LogP contribution in [0.5, 0.6) is 0 Å². The van der Waals surface area contributed by atoms with Gasteiger partial charge in [-0.3, -0.25) is 4.68 Å². The Morgan fingerprint density at radius 3 is 2.89 bits per heavy atom. The minimum Gasteiger partial charge on any atom is -0.322 e. The fraction of sp³-hybridized carbons (Fsp3) is 0.286. The lowest BCUT2D eigenvalue weighted by molar-refractivity contribution is 0.658. The molecule has 3 aromatic rings. The van der Waals surface area contributed by atoms with Crippen LogP contribution in [0.3, 0.4) is 0 Å². The average molecular weight is 272 g/mol. The lowest BCUT2D eigenvalue weighted by atomic mass is 10.1. The number of nitrogens with two attached hydrogens (primary N) is 1. The van der Waals surface area contributed by atoms with Gasteiger partial charge in [-0.25, -0.2) is 4.98 Å². The Morgan fingerprint density at radius 1 is 1.37 bits per heavy atom. The van der Waals surface area contributed by atoms with Crippen LogP contribution in [0.4, 0.5) is 0 Å². The maximum absolute atomic E-state index is 6.30. The third-order valence-corrected chi connectivity index (χ3v) is 4.06. The van der Waals surface area contributed by atoms with E-state index in [4.69, 9.17) is 5.73 Å². The largest absolute Gasteiger partial charge is 0.322 e. The third kappa shape index (κ3) is 2.27. The Hall–Kier alpha value is -1.72. The Bertz CT molecular complexity index is 713. The molecule has 0 aliphatic carbocycles. The monoisotopic (exact) mass is 272 g/mol. The van der Waals surface area contributed by atoms with E-state index in [1.807, 2.05) is 30.8 Å². The molecule has 0 aliphatic heterocycles. The molecule has 2 heterocycles. The summed E-state index contributed by atoms with van der Waals surface area (Å²) in [6, 6.07) is 8.05. The summed E-state index contributed by atoms with van der Waals surface area (Å²) >= 11 is 1.66. The quantitative estimate of drug-likeness (QED) is 0.797. The lowest BCUT2D eigenvalue weighted by Crippen LogP contribution is -2.15. The van der Waals surface area contributed by atoms with Crippen molar-refractivity contribution in [1.82, 2.24) is 14.8 Å². The highest BCUT2D eigenvalue weighted by atomic mass is 32.1. The lowest BCUT2D eigenvalue weighted by Gasteiger charge is -2.07. The van der Waals surface area contributed by atoms with E-state index in [0.29, 0.717) is 0 Å². The highest BCUT2D eigenvalue weighted by Gasteiger charge is 2.16. The molecule has 2 aromatic heterocycles. The molecule has 1 aromatic carbocycles. The fourth-order valence-corrected chi connectivity index (χ4v) is 2.97. The second kappa shape index (κ2) is 4.75. The van der Waals surface area contributed by atoms with Crippen molar-refractivity contribution in [2.45, 2.75) is 19.4 Å². The molecule has 3 rings (SSSR count). The van der Waals surface area contributed by atoms with Crippen molar-refractivity contribution >= 4 is 22.2 Å². The summed E-state index contributed by atoms with van der Waals surface area (Å²) in [4.78, 5) is 4.47. The molecule has 0 saturated heterocycles. The number of hydrogen-bond acceptors (Lipinski definition) is 4. The summed E-state index contributed by atoms with van der Waals surface area (Å²) < 4.78 is 1.89. The van der Waals surface area contributed by atoms with E-state index >= 15 is 0 Å². The zero-order chi connectivity index (χ0) is 13.4. The first kappa shape index (κ1) is 12.3. The molecule has 0 aliphatic rings. The second-order valence-corrected chi connectivity index (χ2v) is 5.76. The van der Waals surface area contributed by atoms with Crippen molar-refractivity contribution in [2.75, 3.05) is 0 Å². The van der Waals surface area contributed by atoms with Crippen LogP contribution >= 0.6 is 11.3 Å². The Kier molecular flexibility index (Phi) is 3.08. The summed E-state index contributed by atoms with van der Waals surface area (Å²) in [6.07, 6.45) is 0.728. The van der Waals surface area contributed by atoms with Crippen LogP contribution in [-0.2, 0) is 13.5 Å². The zero-order valence-electron chi connectivity index (χ0n) is 11.0. The summed E-state index contributed by atoms with van der Waals surface area (Å²) in [6.45, 7) is 2.01. The Morgan fingerprint density at radius 2 is 2.16 bits per heavy atom. The number of nitrogens with zero attached hydrogens (tertiary/aromatic N) is 3. The second-order valence-electron chi connectivity index (χ2n) is 4.69. The van der Waals surface area contributed by atoms with Gasteiger partial charge in [-0.1, -0.05) is 18.2 Å². The van der Waals surface area contributed by atoms with Gasteiger partial charge in [0.2, 0.25) is 0 Å². The van der Waals surface area contributed by atoms with Gasteiger partial charge in [-0.2, -0.15) is 5.10 Å². The van der Waals surface area contributed by atoms with Gasteiger partial charge in [-0.15, -0.1) is 11.3 Å². The molecular weight excluding hydrogens is 256 g/mol. The summed E-state index contributed by atoms with van der Waals surface area (Å²) in [5, 5.41) is 8.84. The molecule has 0 spiro atoms. The highest BCUT2D eigenvalue weighted by molar-refractivity contribution is 7.09. The van der Waals surface area contributed by atoms with Gasteiger partial charge in [0.25, 0.3) is 0 Å². The van der Waals surface area contributed by atoms with E-state index in [0.717, 1.165) is 33.7 Å². The molecule has 1 atom stereocenters. The predicted molar refractivity (Wildman–Crippen MR) is 78.2 cm³/mol. The van der Waals surface area contributed by atoms with Crippen LogP contribution in [0.15, 0.2) is 29.6 Å². The van der Waals surface area contributed by atoms with E-state index in [1.54, 1.807) is 11.3 Å². The van der Waals surface area contributed by atoms with E-state index in [2.05, 4.69) is 27.6 Å².